The zero-order valence-corrected chi connectivity index (χ0v) is 11.1. The van der Waals surface area contributed by atoms with Crippen molar-refractivity contribution in [3.8, 4) is 0 Å². The normalized spacial score (nSPS) is 26.1. The number of anilines is 1. The molecule has 2 saturated heterocycles. The molecule has 0 spiro atoms. The average Bonchev–Trinajstić information content (AvgIpc) is 2.76. The topological polar surface area (TPSA) is 15.3 Å². The minimum atomic E-state index is -0.141. The van der Waals surface area contributed by atoms with Gasteiger partial charge in [-0.25, -0.2) is 4.39 Å². The zero-order chi connectivity index (χ0) is 10.3. The molecule has 5 heteroatoms. The van der Waals surface area contributed by atoms with Gasteiger partial charge in [-0.15, -0.1) is 24.8 Å². The molecule has 17 heavy (non-hydrogen) atoms. The molecule has 0 aliphatic carbocycles. The Kier molecular flexibility index (Phi) is 5.04. The van der Waals surface area contributed by atoms with Gasteiger partial charge in [-0.3, -0.25) is 0 Å². The summed E-state index contributed by atoms with van der Waals surface area (Å²) < 4.78 is 13.1. The molecule has 2 nitrogen and oxygen atoms in total. The first kappa shape index (κ1) is 14.6. The number of benzene rings is 1. The van der Waals surface area contributed by atoms with Crippen LogP contribution >= 0.6 is 24.8 Å². The second-order valence-corrected chi connectivity index (χ2v) is 4.49. The number of nitrogens with one attached hydrogen (secondary N) is 1. The molecule has 0 unspecified atom stereocenters. The highest BCUT2D eigenvalue weighted by molar-refractivity contribution is 5.85. The fraction of sp³-hybridized carbons (Fsp3) is 0.500. The highest BCUT2D eigenvalue weighted by Gasteiger charge is 2.35. The van der Waals surface area contributed by atoms with Gasteiger partial charge in [0.1, 0.15) is 5.82 Å². The molecule has 0 aromatic heterocycles. The third-order valence-electron chi connectivity index (χ3n) is 3.54. The summed E-state index contributed by atoms with van der Waals surface area (Å²) in [6, 6.07) is 7.52. The predicted molar refractivity (Wildman–Crippen MR) is 73.0 cm³/mol. The first-order valence-corrected chi connectivity index (χ1v) is 5.57. The Morgan fingerprint density at radius 1 is 1.24 bits per heavy atom. The quantitative estimate of drug-likeness (QED) is 0.849. The minimum absolute atomic E-state index is 0. The Morgan fingerprint density at radius 3 is 2.76 bits per heavy atom. The summed E-state index contributed by atoms with van der Waals surface area (Å²) in [7, 11) is 0. The fourth-order valence-electron chi connectivity index (χ4n) is 2.73. The van der Waals surface area contributed by atoms with E-state index in [2.05, 4.69) is 10.2 Å². The van der Waals surface area contributed by atoms with Gasteiger partial charge in [0.2, 0.25) is 0 Å². The van der Waals surface area contributed by atoms with Crippen molar-refractivity contribution in [3.63, 3.8) is 0 Å². The summed E-state index contributed by atoms with van der Waals surface area (Å²) in [5, 5.41) is 3.50. The molecule has 0 amide bonds. The monoisotopic (exact) mass is 278 g/mol. The lowest BCUT2D eigenvalue weighted by atomic mass is 10.1. The van der Waals surface area contributed by atoms with Crippen LogP contribution in [0, 0.1) is 11.7 Å². The molecule has 2 atom stereocenters. The van der Waals surface area contributed by atoms with Crippen LogP contribution in [0.1, 0.15) is 6.42 Å². The molecule has 0 saturated carbocycles. The molecule has 0 bridgehead atoms. The van der Waals surface area contributed by atoms with E-state index >= 15 is 0 Å². The van der Waals surface area contributed by atoms with E-state index in [0.29, 0.717) is 6.04 Å². The number of hydrogen-bond donors (Lipinski definition) is 1. The molecular formula is C12H17Cl2FN2. The second kappa shape index (κ2) is 5.89. The molecule has 96 valence electrons. The van der Waals surface area contributed by atoms with Gasteiger partial charge in [0.05, 0.1) is 0 Å². The van der Waals surface area contributed by atoms with E-state index in [1.807, 2.05) is 6.07 Å². The molecule has 2 aliphatic rings. The number of nitrogens with zero attached hydrogens (tertiary/aromatic N) is 1. The van der Waals surface area contributed by atoms with Crippen molar-refractivity contribution in [2.45, 2.75) is 12.5 Å². The maximum atomic E-state index is 13.1. The fourth-order valence-corrected chi connectivity index (χ4v) is 2.73. The third-order valence-corrected chi connectivity index (χ3v) is 3.54. The van der Waals surface area contributed by atoms with Crippen molar-refractivity contribution in [1.82, 2.24) is 5.32 Å². The lowest BCUT2D eigenvalue weighted by Crippen LogP contribution is -2.30. The van der Waals surface area contributed by atoms with Gasteiger partial charge < -0.3 is 10.2 Å². The van der Waals surface area contributed by atoms with Gasteiger partial charge >= 0.3 is 0 Å². The van der Waals surface area contributed by atoms with Crippen LogP contribution in [-0.2, 0) is 0 Å². The standard InChI is InChI=1S/C12H15FN2.2ClH/c13-10-2-1-3-11(6-10)15-7-9-4-5-14-12(9)8-15;;/h1-3,6,9,12,14H,4-5,7-8H2;2*1H/t9-,12+;;/m1../s1. The maximum Gasteiger partial charge on any atom is 0.125 e. The van der Waals surface area contributed by atoms with Crippen molar-refractivity contribution in [2.75, 3.05) is 24.5 Å². The molecule has 2 heterocycles. The Balaban J connectivity index is 0.000000722. The first-order valence-electron chi connectivity index (χ1n) is 5.57. The highest BCUT2D eigenvalue weighted by atomic mass is 35.5. The number of rotatable bonds is 1. The van der Waals surface area contributed by atoms with Crippen LogP contribution in [-0.4, -0.2) is 25.7 Å². The molecular weight excluding hydrogens is 262 g/mol. The first-order chi connectivity index (χ1) is 7.33. The van der Waals surface area contributed by atoms with Crippen molar-refractivity contribution in [3.05, 3.63) is 30.1 Å². The van der Waals surface area contributed by atoms with Crippen LogP contribution in [0.5, 0.6) is 0 Å². The van der Waals surface area contributed by atoms with Crippen molar-refractivity contribution in [1.29, 1.82) is 0 Å². The molecule has 2 fully saturated rings. The molecule has 1 N–H and O–H groups in total. The molecule has 1 aromatic carbocycles. The Hall–Kier alpha value is -0.510. The summed E-state index contributed by atoms with van der Waals surface area (Å²) in [4.78, 5) is 2.28. The zero-order valence-electron chi connectivity index (χ0n) is 9.43. The van der Waals surface area contributed by atoms with E-state index in [1.165, 1.54) is 12.5 Å². The smallest absolute Gasteiger partial charge is 0.125 e. The lowest BCUT2D eigenvalue weighted by Gasteiger charge is -2.19. The van der Waals surface area contributed by atoms with Crippen LogP contribution in [0.4, 0.5) is 10.1 Å². The SMILES string of the molecule is Cl.Cl.Fc1cccc(N2C[C@H]3CCN[C@H]3C2)c1. The molecule has 1 aromatic rings. The minimum Gasteiger partial charge on any atom is -0.370 e. The second-order valence-electron chi connectivity index (χ2n) is 4.49. The highest BCUT2D eigenvalue weighted by Crippen LogP contribution is 2.28. The van der Waals surface area contributed by atoms with E-state index in [-0.39, 0.29) is 30.6 Å². The molecule has 0 radical (unpaired) electrons. The van der Waals surface area contributed by atoms with Crippen LogP contribution < -0.4 is 10.2 Å². The number of halogens is 3. The van der Waals surface area contributed by atoms with E-state index in [1.54, 1.807) is 12.1 Å². The summed E-state index contributed by atoms with van der Waals surface area (Å²) in [5.74, 6) is 0.616. The Labute approximate surface area is 113 Å². The van der Waals surface area contributed by atoms with E-state index in [4.69, 9.17) is 0 Å². The van der Waals surface area contributed by atoms with Gasteiger partial charge in [0.15, 0.2) is 0 Å². The Bertz CT molecular complexity index is 363. The lowest BCUT2D eigenvalue weighted by molar-refractivity contribution is 0.556. The van der Waals surface area contributed by atoms with E-state index in [9.17, 15) is 4.39 Å². The summed E-state index contributed by atoms with van der Waals surface area (Å²) in [5.41, 5.74) is 1.02. The van der Waals surface area contributed by atoms with Crippen molar-refractivity contribution >= 4 is 30.5 Å². The van der Waals surface area contributed by atoms with Gasteiger partial charge in [0.25, 0.3) is 0 Å². The summed E-state index contributed by atoms with van der Waals surface area (Å²) in [6.07, 6.45) is 1.26. The van der Waals surface area contributed by atoms with Gasteiger partial charge in [0, 0.05) is 24.8 Å². The third kappa shape index (κ3) is 2.84. The average molecular weight is 279 g/mol. The van der Waals surface area contributed by atoms with Gasteiger partial charge in [-0.2, -0.15) is 0 Å². The van der Waals surface area contributed by atoms with Crippen LogP contribution in [0.15, 0.2) is 24.3 Å². The van der Waals surface area contributed by atoms with Crippen molar-refractivity contribution < 1.29 is 4.39 Å². The molecule has 2 aliphatic heterocycles. The Morgan fingerprint density at radius 2 is 2.06 bits per heavy atom. The van der Waals surface area contributed by atoms with Gasteiger partial charge in [-0.1, -0.05) is 6.07 Å². The van der Waals surface area contributed by atoms with Crippen LogP contribution in [0.3, 0.4) is 0 Å². The summed E-state index contributed by atoms with van der Waals surface area (Å²) in [6.45, 7) is 3.24. The van der Waals surface area contributed by atoms with E-state index < -0.39 is 0 Å². The summed E-state index contributed by atoms with van der Waals surface area (Å²) >= 11 is 0. The number of hydrogen-bond acceptors (Lipinski definition) is 2. The van der Waals surface area contributed by atoms with E-state index in [0.717, 1.165) is 31.2 Å². The predicted octanol–water partition coefficient (Wildman–Crippen LogP) is 2.47. The molecule has 3 rings (SSSR count). The largest absolute Gasteiger partial charge is 0.370 e. The number of fused-ring (bicyclic) bond motifs is 1. The van der Waals surface area contributed by atoms with Gasteiger partial charge in [-0.05, 0) is 37.1 Å². The maximum absolute atomic E-state index is 13.1. The van der Waals surface area contributed by atoms with Crippen LogP contribution in [0.2, 0.25) is 0 Å². The van der Waals surface area contributed by atoms with Crippen LogP contribution in [0.25, 0.3) is 0 Å². The van der Waals surface area contributed by atoms with Crippen molar-refractivity contribution in [2.24, 2.45) is 5.92 Å².